The summed E-state index contributed by atoms with van der Waals surface area (Å²) in [6.45, 7) is 3.98. The maximum Gasteiger partial charge on any atom is 0.410 e. The number of carbonyl (C=O) groups excluding carboxylic acids is 2. The largest absolute Gasteiger partial charge is 0.464 e. The molecule has 0 aliphatic carbocycles. The number of benzene rings is 1. The van der Waals surface area contributed by atoms with Gasteiger partial charge in [-0.15, -0.1) is 0 Å². The Hall–Kier alpha value is -2.12. The molecule has 1 heterocycles. The lowest BCUT2D eigenvalue weighted by Gasteiger charge is -2.31. The third-order valence-corrected chi connectivity index (χ3v) is 4.58. The molecule has 1 aromatic carbocycles. The third kappa shape index (κ3) is 7.56. The number of aliphatic hydroxyl groups excluding tert-OH is 1. The second-order valence-corrected chi connectivity index (χ2v) is 6.60. The van der Waals surface area contributed by atoms with Gasteiger partial charge in [-0.1, -0.05) is 30.3 Å². The molecule has 0 spiro atoms. The van der Waals surface area contributed by atoms with Gasteiger partial charge in [0.2, 0.25) is 0 Å². The van der Waals surface area contributed by atoms with Gasteiger partial charge in [0.15, 0.2) is 6.10 Å². The highest BCUT2D eigenvalue weighted by Gasteiger charge is 2.24. The number of rotatable bonds is 9. The minimum atomic E-state index is -1.23. The average Bonchev–Trinajstić information content (AvgIpc) is 2.70. The van der Waals surface area contributed by atoms with Crippen LogP contribution in [-0.4, -0.2) is 61.1 Å². The number of hydrogen-bond acceptors (Lipinski definition) is 6. The summed E-state index contributed by atoms with van der Waals surface area (Å²) in [6, 6.07) is 9.62. The van der Waals surface area contributed by atoms with Crippen LogP contribution < -0.4 is 0 Å². The molecule has 2 rings (SSSR count). The van der Waals surface area contributed by atoms with E-state index >= 15 is 0 Å². The molecule has 1 atom stereocenters. The molecule has 0 unspecified atom stereocenters. The molecule has 150 valence electrons. The van der Waals surface area contributed by atoms with E-state index in [0.717, 1.165) is 24.8 Å². The van der Waals surface area contributed by atoms with Gasteiger partial charge in [0, 0.05) is 19.7 Å². The number of piperidine rings is 1. The fraction of sp³-hybridized carbons (Fsp3) is 0.600. The minimum absolute atomic E-state index is 0.0521. The molecule has 1 aromatic rings. The van der Waals surface area contributed by atoms with E-state index in [0.29, 0.717) is 25.6 Å². The molecular formula is C20H29NO6. The molecule has 1 aliphatic rings. The van der Waals surface area contributed by atoms with Gasteiger partial charge in [-0.3, -0.25) is 0 Å². The van der Waals surface area contributed by atoms with Gasteiger partial charge >= 0.3 is 12.1 Å². The van der Waals surface area contributed by atoms with Crippen molar-refractivity contribution in [3.8, 4) is 0 Å². The standard InChI is InChI=1S/C20H29NO6/c1-2-26-19(23)18(22)15-25-13-10-16-8-11-21(12-9-16)20(24)27-14-17-6-4-3-5-7-17/h3-7,16,18,22H,2,8-15H2,1H3/t18-/m1/s1. The summed E-state index contributed by atoms with van der Waals surface area (Å²) in [5.41, 5.74) is 0.975. The molecule has 27 heavy (non-hydrogen) atoms. The van der Waals surface area contributed by atoms with Crippen molar-refractivity contribution in [2.45, 2.75) is 38.9 Å². The van der Waals surface area contributed by atoms with E-state index in [2.05, 4.69) is 0 Å². The number of esters is 1. The van der Waals surface area contributed by atoms with Crippen LogP contribution in [-0.2, 0) is 25.6 Å². The lowest BCUT2D eigenvalue weighted by atomic mass is 9.94. The van der Waals surface area contributed by atoms with Gasteiger partial charge in [0.05, 0.1) is 13.2 Å². The molecule has 0 bridgehead atoms. The molecule has 1 N–H and O–H groups in total. The first-order valence-corrected chi connectivity index (χ1v) is 9.48. The molecule has 0 saturated carbocycles. The summed E-state index contributed by atoms with van der Waals surface area (Å²) >= 11 is 0. The molecule has 1 fully saturated rings. The van der Waals surface area contributed by atoms with Crippen molar-refractivity contribution in [3.63, 3.8) is 0 Å². The van der Waals surface area contributed by atoms with Crippen molar-refractivity contribution in [1.29, 1.82) is 0 Å². The molecular weight excluding hydrogens is 350 g/mol. The van der Waals surface area contributed by atoms with Crippen LogP contribution in [0, 0.1) is 5.92 Å². The van der Waals surface area contributed by atoms with E-state index in [4.69, 9.17) is 14.2 Å². The zero-order valence-corrected chi connectivity index (χ0v) is 15.8. The maximum absolute atomic E-state index is 12.1. The lowest BCUT2D eigenvalue weighted by Crippen LogP contribution is -2.39. The topological polar surface area (TPSA) is 85.3 Å². The molecule has 1 saturated heterocycles. The fourth-order valence-electron chi connectivity index (χ4n) is 2.97. The quantitative estimate of drug-likeness (QED) is 0.524. The van der Waals surface area contributed by atoms with E-state index in [1.807, 2.05) is 30.3 Å². The highest BCUT2D eigenvalue weighted by Crippen LogP contribution is 2.21. The van der Waals surface area contributed by atoms with Crippen LogP contribution in [0.4, 0.5) is 4.79 Å². The Morgan fingerprint density at radius 1 is 1.19 bits per heavy atom. The second-order valence-electron chi connectivity index (χ2n) is 6.60. The van der Waals surface area contributed by atoms with Crippen molar-refractivity contribution in [2.24, 2.45) is 5.92 Å². The number of ether oxygens (including phenoxy) is 3. The number of hydrogen-bond donors (Lipinski definition) is 1. The van der Waals surface area contributed by atoms with Crippen molar-refractivity contribution in [1.82, 2.24) is 4.90 Å². The molecule has 0 aromatic heterocycles. The van der Waals surface area contributed by atoms with Gasteiger partial charge < -0.3 is 24.2 Å². The minimum Gasteiger partial charge on any atom is -0.464 e. The van der Waals surface area contributed by atoms with Crippen LogP contribution in [0.1, 0.15) is 31.7 Å². The molecule has 7 nitrogen and oxygen atoms in total. The van der Waals surface area contributed by atoms with Crippen LogP contribution in [0.3, 0.4) is 0 Å². The first kappa shape index (κ1) is 21.2. The van der Waals surface area contributed by atoms with Crippen molar-refractivity contribution in [3.05, 3.63) is 35.9 Å². The van der Waals surface area contributed by atoms with Crippen molar-refractivity contribution in [2.75, 3.05) is 32.9 Å². The Balaban J connectivity index is 1.57. The maximum atomic E-state index is 12.1. The molecule has 7 heteroatoms. The summed E-state index contributed by atoms with van der Waals surface area (Å²) in [4.78, 5) is 25.2. The Morgan fingerprint density at radius 2 is 1.89 bits per heavy atom. The number of likely N-dealkylation sites (tertiary alicyclic amines) is 1. The Kier molecular flexibility index (Phi) is 9.07. The fourth-order valence-corrected chi connectivity index (χ4v) is 2.97. The summed E-state index contributed by atoms with van der Waals surface area (Å²) < 4.78 is 15.4. The number of amides is 1. The van der Waals surface area contributed by atoms with E-state index in [9.17, 15) is 14.7 Å². The first-order chi connectivity index (χ1) is 13.1. The summed E-state index contributed by atoms with van der Waals surface area (Å²) in [7, 11) is 0. The van der Waals surface area contributed by atoms with Crippen molar-refractivity contribution >= 4 is 12.1 Å². The Morgan fingerprint density at radius 3 is 2.56 bits per heavy atom. The van der Waals surface area contributed by atoms with E-state index in [1.54, 1.807) is 11.8 Å². The highest BCUT2D eigenvalue weighted by molar-refractivity contribution is 5.74. The van der Waals surface area contributed by atoms with Crippen LogP contribution in [0.15, 0.2) is 30.3 Å². The van der Waals surface area contributed by atoms with Gasteiger partial charge in [-0.25, -0.2) is 9.59 Å². The smallest absolute Gasteiger partial charge is 0.410 e. The van der Waals surface area contributed by atoms with Crippen LogP contribution in [0.2, 0.25) is 0 Å². The van der Waals surface area contributed by atoms with Crippen LogP contribution >= 0.6 is 0 Å². The molecule has 1 aliphatic heterocycles. The van der Waals surface area contributed by atoms with E-state index in [-0.39, 0.29) is 25.9 Å². The second kappa shape index (κ2) is 11.6. The zero-order chi connectivity index (χ0) is 19.5. The van der Waals surface area contributed by atoms with Gasteiger partial charge in [0.25, 0.3) is 0 Å². The Bertz CT molecular complexity index is 571. The SMILES string of the molecule is CCOC(=O)[C@H](O)COCCC1CCN(C(=O)OCc2ccccc2)CC1. The zero-order valence-electron chi connectivity index (χ0n) is 15.8. The first-order valence-electron chi connectivity index (χ1n) is 9.48. The molecule has 1 amide bonds. The summed E-state index contributed by atoms with van der Waals surface area (Å²) in [5, 5.41) is 9.56. The normalized spacial score (nSPS) is 16.0. The summed E-state index contributed by atoms with van der Waals surface area (Å²) in [5.74, 6) is -0.192. The van der Waals surface area contributed by atoms with Crippen LogP contribution in [0.25, 0.3) is 0 Å². The summed E-state index contributed by atoms with van der Waals surface area (Å²) in [6.07, 6.45) is 1.12. The Labute approximate surface area is 160 Å². The van der Waals surface area contributed by atoms with Crippen LogP contribution in [0.5, 0.6) is 0 Å². The van der Waals surface area contributed by atoms with Gasteiger partial charge in [-0.05, 0) is 37.7 Å². The molecule has 0 radical (unpaired) electrons. The monoisotopic (exact) mass is 379 g/mol. The van der Waals surface area contributed by atoms with Gasteiger partial charge in [0.1, 0.15) is 6.61 Å². The predicted octanol–water partition coefficient (Wildman–Crippen LogP) is 2.37. The van der Waals surface area contributed by atoms with Gasteiger partial charge in [-0.2, -0.15) is 0 Å². The van der Waals surface area contributed by atoms with E-state index < -0.39 is 12.1 Å². The number of nitrogens with zero attached hydrogens (tertiary/aromatic N) is 1. The van der Waals surface area contributed by atoms with Crippen molar-refractivity contribution < 1.29 is 28.9 Å². The van der Waals surface area contributed by atoms with E-state index in [1.165, 1.54) is 0 Å². The average molecular weight is 379 g/mol. The third-order valence-electron chi connectivity index (χ3n) is 4.58. The number of carbonyl (C=O) groups is 2. The predicted molar refractivity (Wildman–Crippen MR) is 99.0 cm³/mol. The number of aliphatic hydroxyl groups is 1. The highest BCUT2D eigenvalue weighted by atomic mass is 16.6. The lowest BCUT2D eigenvalue weighted by molar-refractivity contribution is -0.156.